The molecule has 1 unspecified atom stereocenters. The molecule has 1 heterocycles. The normalized spacial score (nSPS) is 12.1. The minimum atomic E-state index is -0.894. The van der Waals surface area contributed by atoms with Crippen molar-refractivity contribution in [3.63, 3.8) is 0 Å². The van der Waals surface area contributed by atoms with Crippen LogP contribution in [-0.4, -0.2) is 22.1 Å². The zero-order valence-corrected chi connectivity index (χ0v) is 8.45. The number of nitrogens with zero attached hydrogens (tertiary/aromatic N) is 1. The van der Waals surface area contributed by atoms with Gasteiger partial charge in [-0.15, -0.1) is 0 Å². The van der Waals surface area contributed by atoms with E-state index in [1.54, 1.807) is 25.1 Å². The van der Waals surface area contributed by atoms with Crippen LogP contribution in [0.2, 0.25) is 5.15 Å². The number of aromatic nitrogens is 1. The summed E-state index contributed by atoms with van der Waals surface area (Å²) in [6.45, 7) is 1.79. The number of hydrogen-bond donors (Lipinski definition) is 2. The molecule has 0 bridgehead atoms. The average Bonchev–Trinajstić information content (AvgIpc) is 2.14. The molecule has 1 rings (SSSR count). The van der Waals surface area contributed by atoms with Crippen LogP contribution in [0.15, 0.2) is 18.2 Å². The summed E-state index contributed by atoms with van der Waals surface area (Å²) in [7, 11) is 0. The lowest BCUT2D eigenvalue weighted by atomic mass is 10.2. The molecule has 0 aliphatic heterocycles. The Labute approximate surface area is 86.9 Å². The fourth-order valence-corrected chi connectivity index (χ4v) is 1.17. The highest BCUT2D eigenvalue weighted by atomic mass is 35.5. The van der Waals surface area contributed by atoms with E-state index < -0.39 is 12.0 Å². The first kappa shape index (κ1) is 10.8. The smallest absolute Gasteiger partial charge is 0.326 e. The number of carboxylic acids is 1. The minimum Gasteiger partial charge on any atom is -0.480 e. The molecular weight excluding hydrogens is 204 g/mol. The maximum Gasteiger partial charge on any atom is 0.326 e. The van der Waals surface area contributed by atoms with Gasteiger partial charge in [0.25, 0.3) is 0 Å². The lowest BCUT2D eigenvalue weighted by Gasteiger charge is -2.12. The summed E-state index contributed by atoms with van der Waals surface area (Å²) in [4.78, 5) is 14.6. The van der Waals surface area contributed by atoms with Gasteiger partial charge in [0.05, 0.1) is 0 Å². The van der Waals surface area contributed by atoms with E-state index in [4.69, 9.17) is 16.7 Å². The maximum atomic E-state index is 10.7. The second kappa shape index (κ2) is 4.81. The fourth-order valence-electron chi connectivity index (χ4n) is 1.01. The van der Waals surface area contributed by atoms with Crippen LogP contribution >= 0.6 is 11.6 Å². The van der Waals surface area contributed by atoms with Crippen molar-refractivity contribution in [1.82, 2.24) is 4.98 Å². The van der Waals surface area contributed by atoms with E-state index in [-0.39, 0.29) is 0 Å². The monoisotopic (exact) mass is 214 g/mol. The van der Waals surface area contributed by atoms with Gasteiger partial charge in [0, 0.05) is 0 Å². The lowest BCUT2D eigenvalue weighted by Crippen LogP contribution is -2.28. The van der Waals surface area contributed by atoms with E-state index in [2.05, 4.69) is 10.3 Å². The predicted octanol–water partition coefficient (Wildman–Crippen LogP) is 2.01. The molecule has 4 nitrogen and oxygen atoms in total. The zero-order chi connectivity index (χ0) is 10.6. The van der Waals surface area contributed by atoms with E-state index >= 15 is 0 Å². The summed E-state index contributed by atoms with van der Waals surface area (Å²) >= 11 is 5.65. The summed E-state index contributed by atoms with van der Waals surface area (Å²) < 4.78 is 0. The van der Waals surface area contributed by atoms with Gasteiger partial charge in [0.2, 0.25) is 0 Å². The molecular formula is C9H11ClN2O2. The maximum absolute atomic E-state index is 10.7. The van der Waals surface area contributed by atoms with Gasteiger partial charge in [-0.3, -0.25) is 0 Å². The molecule has 0 aromatic carbocycles. The number of nitrogens with one attached hydrogen (secondary N) is 1. The lowest BCUT2D eigenvalue weighted by molar-refractivity contribution is -0.137. The van der Waals surface area contributed by atoms with Gasteiger partial charge in [0.1, 0.15) is 17.0 Å². The van der Waals surface area contributed by atoms with Crippen molar-refractivity contribution in [2.75, 3.05) is 5.32 Å². The second-order valence-corrected chi connectivity index (χ2v) is 3.18. The number of carbonyl (C=O) groups is 1. The fraction of sp³-hybridized carbons (Fsp3) is 0.333. The Bertz CT molecular complexity index is 330. The largest absolute Gasteiger partial charge is 0.480 e. The Morgan fingerprint density at radius 2 is 2.43 bits per heavy atom. The van der Waals surface area contributed by atoms with E-state index in [0.717, 1.165) is 0 Å². The van der Waals surface area contributed by atoms with Crippen LogP contribution in [0.5, 0.6) is 0 Å². The number of rotatable bonds is 4. The first-order valence-corrected chi connectivity index (χ1v) is 4.63. The minimum absolute atomic E-state index is 0.343. The van der Waals surface area contributed by atoms with Gasteiger partial charge in [0.15, 0.2) is 0 Å². The Morgan fingerprint density at radius 3 is 2.93 bits per heavy atom. The first-order chi connectivity index (χ1) is 6.63. The van der Waals surface area contributed by atoms with Gasteiger partial charge in [-0.05, 0) is 18.6 Å². The number of pyridine rings is 1. The molecule has 0 aliphatic rings. The molecule has 0 saturated carbocycles. The number of anilines is 1. The first-order valence-electron chi connectivity index (χ1n) is 4.25. The molecule has 0 saturated heterocycles. The summed E-state index contributed by atoms with van der Waals surface area (Å²) in [5.74, 6) is -0.416. The molecule has 0 spiro atoms. The third-order valence-corrected chi connectivity index (χ3v) is 1.95. The Morgan fingerprint density at radius 1 is 1.71 bits per heavy atom. The van der Waals surface area contributed by atoms with Gasteiger partial charge in [-0.2, -0.15) is 0 Å². The third kappa shape index (κ3) is 2.88. The highest BCUT2D eigenvalue weighted by Crippen LogP contribution is 2.11. The van der Waals surface area contributed by atoms with E-state index in [1.807, 2.05) is 0 Å². The molecule has 0 amide bonds. The molecule has 14 heavy (non-hydrogen) atoms. The Hall–Kier alpha value is -1.29. The van der Waals surface area contributed by atoms with Crippen molar-refractivity contribution < 1.29 is 9.90 Å². The van der Waals surface area contributed by atoms with Crippen molar-refractivity contribution >= 4 is 23.4 Å². The molecule has 0 fully saturated rings. The molecule has 1 aromatic heterocycles. The topological polar surface area (TPSA) is 62.2 Å². The van der Waals surface area contributed by atoms with Crippen LogP contribution in [0.1, 0.15) is 13.3 Å². The molecule has 5 heteroatoms. The molecule has 76 valence electrons. The van der Waals surface area contributed by atoms with Crippen LogP contribution < -0.4 is 5.32 Å². The second-order valence-electron chi connectivity index (χ2n) is 2.79. The van der Waals surface area contributed by atoms with Crippen LogP contribution in [0.25, 0.3) is 0 Å². The summed E-state index contributed by atoms with van der Waals surface area (Å²) in [5, 5.41) is 11.9. The Balaban J connectivity index is 2.72. The molecule has 1 atom stereocenters. The van der Waals surface area contributed by atoms with Crippen LogP contribution in [0, 0.1) is 0 Å². The predicted molar refractivity (Wildman–Crippen MR) is 54.6 cm³/mol. The van der Waals surface area contributed by atoms with Crippen molar-refractivity contribution in [1.29, 1.82) is 0 Å². The third-order valence-electron chi connectivity index (χ3n) is 1.74. The molecule has 2 N–H and O–H groups in total. The molecule has 0 radical (unpaired) electrons. The zero-order valence-electron chi connectivity index (χ0n) is 7.70. The van der Waals surface area contributed by atoms with Crippen LogP contribution in [0.3, 0.4) is 0 Å². The van der Waals surface area contributed by atoms with Gasteiger partial charge >= 0.3 is 5.97 Å². The Kier molecular flexibility index (Phi) is 3.71. The molecule has 1 aromatic rings. The van der Waals surface area contributed by atoms with Crippen molar-refractivity contribution in [3.8, 4) is 0 Å². The quantitative estimate of drug-likeness (QED) is 0.753. The SMILES string of the molecule is CCC(Nc1cccc(Cl)n1)C(=O)O. The van der Waals surface area contributed by atoms with Gasteiger partial charge in [-0.25, -0.2) is 9.78 Å². The number of halogens is 1. The van der Waals surface area contributed by atoms with Crippen molar-refractivity contribution in [3.05, 3.63) is 23.4 Å². The van der Waals surface area contributed by atoms with Gasteiger partial charge < -0.3 is 10.4 Å². The van der Waals surface area contributed by atoms with Crippen molar-refractivity contribution in [2.45, 2.75) is 19.4 Å². The van der Waals surface area contributed by atoms with Crippen LogP contribution in [-0.2, 0) is 4.79 Å². The van der Waals surface area contributed by atoms with Gasteiger partial charge in [-0.1, -0.05) is 24.6 Å². The van der Waals surface area contributed by atoms with E-state index in [9.17, 15) is 4.79 Å². The average molecular weight is 215 g/mol. The van der Waals surface area contributed by atoms with E-state index in [1.165, 1.54) is 0 Å². The molecule has 0 aliphatic carbocycles. The van der Waals surface area contributed by atoms with E-state index in [0.29, 0.717) is 17.4 Å². The number of hydrogen-bond acceptors (Lipinski definition) is 3. The summed E-state index contributed by atoms with van der Waals surface area (Å²) in [6.07, 6.45) is 0.490. The number of aliphatic carboxylic acids is 1. The highest BCUT2D eigenvalue weighted by Gasteiger charge is 2.14. The summed E-state index contributed by atoms with van der Waals surface area (Å²) in [6, 6.07) is 4.40. The standard InChI is InChI=1S/C9H11ClN2O2/c1-2-6(9(13)14)11-8-5-3-4-7(10)12-8/h3-6H,2H2,1H3,(H,11,12)(H,13,14). The summed E-state index contributed by atoms with van der Waals surface area (Å²) in [5.41, 5.74) is 0. The highest BCUT2D eigenvalue weighted by molar-refractivity contribution is 6.29. The van der Waals surface area contributed by atoms with Crippen molar-refractivity contribution in [2.24, 2.45) is 0 Å². The van der Waals surface area contributed by atoms with Crippen LogP contribution in [0.4, 0.5) is 5.82 Å². The number of carboxylic acid groups (broad SMARTS) is 1.